The smallest absolute Gasteiger partial charge is 0.306 e. The summed E-state index contributed by atoms with van der Waals surface area (Å²) in [4.78, 5) is 35.3. The molecule has 2 aliphatic rings. The van der Waals surface area contributed by atoms with Gasteiger partial charge in [-0.1, -0.05) is 17.8 Å². The Bertz CT molecular complexity index is 931. The molecule has 3 N–H and O–H groups in total. The van der Waals surface area contributed by atoms with Crippen LogP contribution in [-0.2, 0) is 16.0 Å². The van der Waals surface area contributed by atoms with E-state index in [0.29, 0.717) is 25.8 Å². The number of hydrogen-bond acceptors (Lipinski definition) is 7. The maximum Gasteiger partial charge on any atom is 0.306 e. The zero-order chi connectivity index (χ0) is 20.9. The van der Waals surface area contributed by atoms with Gasteiger partial charge in [0.25, 0.3) is 0 Å². The molecule has 0 radical (unpaired) electrons. The molecular formula is C21H25N5O3S. The standard InChI is InChI=1S/C21H25N5O3S/c27-18(22-6-1-9-26-10-4-15(5-11-26)21(28)29)13-14-2-3-17-16(12-14)25-19-20(30-17)24-8-7-23-19/h2-3,7-8,12,15H,1,4-6,9-11,13H2,(H,22,27)(H,23,25)(H,28,29). The minimum atomic E-state index is -0.685. The number of amides is 1. The summed E-state index contributed by atoms with van der Waals surface area (Å²) >= 11 is 1.57. The molecule has 0 bridgehead atoms. The van der Waals surface area contributed by atoms with Crippen molar-refractivity contribution in [2.24, 2.45) is 5.92 Å². The average molecular weight is 428 g/mol. The number of aromatic nitrogens is 2. The zero-order valence-corrected chi connectivity index (χ0v) is 17.5. The molecule has 30 heavy (non-hydrogen) atoms. The molecule has 0 saturated carbocycles. The number of nitrogens with one attached hydrogen (secondary N) is 2. The van der Waals surface area contributed by atoms with E-state index in [1.807, 2.05) is 18.2 Å². The molecule has 158 valence electrons. The van der Waals surface area contributed by atoms with Gasteiger partial charge in [-0.3, -0.25) is 9.59 Å². The maximum atomic E-state index is 12.3. The summed E-state index contributed by atoms with van der Waals surface area (Å²) in [5.41, 5.74) is 1.89. The number of carboxylic acid groups (broad SMARTS) is 1. The predicted octanol–water partition coefficient (Wildman–Crippen LogP) is 2.53. The van der Waals surface area contributed by atoms with E-state index >= 15 is 0 Å². The molecule has 2 aliphatic heterocycles. The third kappa shape index (κ3) is 5.09. The van der Waals surface area contributed by atoms with E-state index in [-0.39, 0.29) is 11.8 Å². The number of carbonyl (C=O) groups is 2. The fourth-order valence-corrected chi connectivity index (χ4v) is 4.65. The van der Waals surface area contributed by atoms with Crippen molar-refractivity contribution in [3.8, 4) is 0 Å². The number of aliphatic carboxylic acids is 1. The van der Waals surface area contributed by atoms with Crippen LogP contribution in [0.1, 0.15) is 24.8 Å². The highest BCUT2D eigenvalue weighted by Gasteiger charge is 2.24. The van der Waals surface area contributed by atoms with Crippen LogP contribution in [0.5, 0.6) is 0 Å². The quantitative estimate of drug-likeness (QED) is 0.494. The third-order valence-corrected chi connectivity index (χ3v) is 6.51. The lowest BCUT2D eigenvalue weighted by molar-refractivity contribution is -0.143. The van der Waals surface area contributed by atoms with Gasteiger partial charge in [-0.15, -0.1) is 0 Å². The molecule has 1 aromatic carbocycles. The van der Waals surface area contributed by atoms with Crippen molar-refractivity contribution >= 4 is 35.1 Å². The van der Waals surface area contributed by atoms with Gasteiger partial charge in [0.15, 0.2) is 5.82 Å². The first kappa shape index (κ1) is 20.6. The maximum absolute atomic E-state index is 12.3. The molecule has 0 aliphatic carbocycles. The number of anilines is 2. The number of likely N-dealkylation sites (tertiary alicyclic amines) is 1. The number of hydrogen-bond donors (Lipinski definition) is 3. The van der Waals surface area contributed by atoms with Crippen molar-refractivity contribution in [1.29, 1.82) is 0 Å². The topological polar surface area (TPSA) is 107 Å². The van der Waals surface area contributed by atoms with Gasteiger partial charge >= 0.3 is 5.97 Å². The molecule has 3 heterocycles. The molecule has 8 nitrogen and oxygen atoms in total. The van der Waals surface area contributed by atoms with Gasteiger partial charge in [-0.2, -0.15) is 0 Å². The summed E-state index contributed by atoms with van der Waals surface area (Å²) in [5.74, 6) is -0.145. The molecule has 0 atom stereocenters. The SMILES string of the molecule is O=C(Cc1ccc2c(c1)Nc1nccnc1S2)NCCCN1CCC(C(=O)O)CC1. The fourth-order valence-electron chi connectivity index (χ4n) is 3.77. The molecule has 1 amide bonds. The largest absolute Gasteiger partial charge is 0.481 e. The Kier molecular flexibility index (Phi) is 6.49. The number of rotatable bonds is 7. The number of nitrogens with zero attached hydrogens (tertiary/aromatic N) is 3. The lowest BCUT2D eigenvalue weighted by Gasteiger charge is -2.29. The van der Waals surface area contributed by atoms with Crippen LogP contribution in [-0.4, -0.2) is 58.0 Å². The summed E-state index contributed by atoms with van der Waals surface area (Å²) < 4.78 is 0. The Hall–Kier alpha value is -2.65. The highest BCUT2D eigenvalue weighted by Crippen LogP contribution is 2.42. The van der Waals surface area contributed by atoms with Gasteiger partial charge in [-0.05, 0) is 56.6 Å². The Balaban J connectivity index is 1.20. The molecule has 1 fully saturated rings. The van der Waals surface area contributed by atoms with E-state index in [9.17, 15) is 9.59 Å². The summed E-state index contributed by atoms with van der Waals surface area (Å²) in [6.45, 7) is 3.14. The molecule has 1 aromatic heterocycles. The Labute approximate surface area is 179 Å². The number of carboxylic acids is 1. The van der Waals surface area contributed by atoms with E-state index in [4.69, 9.17) is 5.11 Å². The second-order valence-corrected chi connectivity index (χ2v) is 8.63. The summed E-state index contributed by atoms with van der Waals surface area (Å²) in [5, 5.41) is 16.2. The molecule has 1 saturated heterocycles. The number of benzene rings is 1. The molecule has 9 heteroatoms. The summed E-state index contributed by atoms with van der Waals surface area (Å²) in [6, 6.07) is 5.97. The Morgan fingerprint density at radius 1 is 1.23 bits per heavy atom. The van der Waals surface area contributed by atoms with Crippen molar-refractivity contribution in [2.75, 3.05) is 31.5 Å². The highest BCUT2D eigenvalue weighted by atomic mass is 32.2. The minimum Gasteiger partial charge on any atom is -0.481 e. The van der Waals surface area contributed by atoms with Crippen LogP contribution in [0.4, 0.5) is 11.5 Å². The molecular weight excluding hydrogens is 402 g/mol. The van der Waals surface area contributed by atoms with Crippen molar-refractivity contribution in [3.05, 3.63) is 36.2 Å². The number of piperidine rings is 1. The van der Waals surface area contributed by atoms with Crippen LogP contribution in [0.25, 0.3) is 0 Å². The van der Waals surface area contributed by atoms with Gasteiger partial charge in [0.1, 0.15) is 5.03 Å². The van der Waals surface area contributed by atoms with Gasteiger partial charge in [0.2, 0.25) is 5.91 Å². The predicted molar refractivity (Wildman–Crippen MR) is 114 cm³/mol. The zero-order valence-electron chi connectivity index (χ0n) is 16.6. The summed E-state index contributed by atoms with van der Waals surface area (Å²) in [7, 11) is 0. The van der Waals surface area contributed by atoms with Crippen molar-refractivity contribution in [3.63, 3.8) is 0 Å². The van der Waals surface area contributed by atoms with Gasteiger partial charge in [0.05, 0.1) is 18.0 Å². The Morgan fingerprint density at radius 2 is 2.03 bits per heavy atom. The minimum absolute atomic E-state index is 0.00295. The number of fused-ring (bicyclic) bond motifs is 2. The van der Waals surface area contributed by atoms with E-state index < -0.39 is 5.97 Å². The molecule has 0 spiro atoms. The highest BCUT2D eigenvalue weighted by molar-refractivity contribution is 7.99. The third-order valence-electron chi connectivity index (χ3n) is 5.44. The molecule has 0 unspecified atom stereocenters. The van der Waals surface area contributed by atoms with E-state index in [2.05, 4.69) is 25.5 Å². The van der Waals surface area contributed by atoms with E-state index in [1.165, 1.54) is 0 Å². The first-order chi connectivity index (χ1) is 14.6. The van der Waals surface area contributed by atoms with Crippen LogP contribution in [0, 0.1) is 5.92 Å². The normalized spacial score (nSPS) is 16.3. The van der Waals surface area contributed by atoms with Crippen LogP contribution in [0.15, 0.2) is 40.5 Å². The number of carbonyl (C=O) groups excluding carboxylic acids is 1. The Morgan fingerprint density at radius 3 is 2.83 bits per heavy atom. The summed E-state index contributed by atoms with van der Waals surface area (Å²) in [6.07, 6.45) is 5.95. The lowest BCUT2D eigenvalue weighted by Crippen LogP contribution is -2.38. The van der Waals surface area contributed by atoms with Crippen LogP contribution < -0.4 is 10.6 Å². The second kappa shape index (κ2) is 9.44. The van der Waals surface area contributed by atoms with Crippen molar-refractivity contribution in [2.45, 2.75) is 35.6 Å². The second-order valence-electron chi connectivity index (χ2n) is 7.60. The first-order valence-corrected chi connectivity index (χ1v) is 11.0. The van der Waals surface area contributed by atoms with Crippen LogP contribution >= 0.6 is 11.8 Å². The van der Waals surface area contributed by atoms with Gasteiger partial charge < -0.3 is 20.6 Å². The van der Waals surface area contributed by atoms with Gasteiger partial charge in [-0.25, -0.2) is 9.97 Å². The van der Waals surface area contributed by atoms with Crippen LogP contribution in [0.3, 0.4) is 0 Å². The van der Waals surface area contributed by atoms with Crippen molar-refractivity contribution < 1.29 is 14.7 Å². The monoisotopic (exact) mass is 427 g/mol. The molecule has 4 rings (SSSR count). The molecule has 2 aromatic rings. The van der Waals surface area contributed by atoms with Crippen molar-refractivity contribution in [1.82, 2.24) is 20.2 Å². The lowest BCUT2D eigenvalue weighted by atomic mass is 9.97. The fraction of sp³-hybridized carbons (Fsp3) is 0.429. The van der Waals surface area contributed by atoms with E-state index in [0.717, 1.165) is 53.0 Å². The van der Waals surface area contributed by atoms with Crippen LogP contribution in [0.2, 0.25) is 0 Å². The first-order valence-electron chi connectivity index (χ1n) is 10.2. The van der Waals surface area contributed by atoms with E-state index in [1.54, 1.807) is 24.2 Å². The van der Waals surface area contributed by atoms with Gasteiger partial charge in [0, 0.05) is 23.8 Å². The average Bonchev–Trinajstić information content (AvgIpc) is 2.75.